The smallest absolute Gasteiger partial charge is 0.478 e. The Labute approximate surface area is 132 Å². The summed E-state index contributed by atoms with van der Waals surface area (Å²) in [5.41, 5.74) is -0.920. The van der Waals surface area contributed by atoms with Gasteiger partial charge in [0.1, 0.15) is 17.4 Å². The van der Waals surface area contributed by atoms with E-state index in [9.17, 15) is 33.0 Å². The molecule has 23 heavy (non-hydrogen) atoms. The van der Waals surface area contributed by atoms with E-state index < -0.39 is 35.9 Å². The van der Waals surface area contributed by atoms with Crippen molar-refractivity contribution in [2.24, 2.45) is 0 Å². The van der Waals surface area contributed by atoms with Gasteiger partial charge in [-0.1, -0.05) is 17.8 Å². The zero-order chi connectivity index (χ0) is 17.8. The molecular weight excluding hydrogens is 341 g/mol. The predicted molar refractivity (Wildman–Crippen MR) is 74.2 cm³/mol. The van der Waals surface area contributed by atoms with Gasteiger partial charge in [0.05, 0.1) is 6.10 Å². The average molecular weight is 354 g/mol. The number of aromatic carboxylic acids is 1. The zero-order valence-corrected chi connectivity index (χ0v) is 12.5. The third-order valence-corrected chi connectivity index (χ3v) is 3.54. The second-order valence-electron chi connectivity index (χ2n) is 4.42. The van der Waals surface area contributed by atoms with Crippen molar-refractivity contribution in [3.63, 3.8) is 0 Å². The second-order valence-corrected chi connectivity index (χ2v) is 5.62. The van der Waals surface area contributed by atoms with Gasteiger partial charge in [-0.2, -0.15) is 0 Å². The summed E-state index contributed by atoms with van der Waals surface area (Å²) < 4.78 is 40.6. The number of carboxylic acids is 1. The number of carboxylic acid groups (broad SMARTS) is 1. The molecule has 128 valence electrons. The Bertz CT molecular complexity index is 590. The van der Waals surface area contributed by atoms with Crippen LogP contribution in [-0.2, 0) is 4.79 Å². The Morgan fingerprint density at radius 1 is 1.30 bits per heavy atom. The number of rotatable bonds is 6. The van der Waals surface area contributed by atoms with Crippen LogP contribution in [0.25, 0.3) is 0 Å². The fourth-order valence-corrected chi connectivity index (χ4v) is 2.21. The summed E-state index contributed by atoms with van der Waals surface area (Å²) in [6, 6.07) is 2.56. The number of carbonyl (C=O) groups is 2. The molecule has 2 atom stereocenters. The monoisotopic (exact) mass is 354 g/mol. The summed E-state index contributed by atoms with van der Waals surface area (Å²) in [5.74, 6) is -2.82. The van der Waals surface area contributed by atoms with Crippen molar-refractivity contribution in [3.8, 4) is 5.75 Å². The van der Waals surface area contributed by atoms with E-state index in [1.54, 1.807) is 0 Å². The van der Waals surface area contributed by atoms with Gasteiger partial charge in [-0.15, -0.1) is 13.2 Å². The molecule has 1 aromatic carbocycles. The van der Waals surface area contributed by atoms with Crippen LogP contribution in [0.1, 0.15) is 28.9 Å². The summed E-state index contributed by atoms with van der Waals surface area (Å²) in [5, 5.41) is 28.2. The number of hydrogen-bond donors (Lipinski definition) is 3. The first-order valence-electron chi connectivity index (χ1n) is 6.13. The van der Waals surface area contributed by atoms with Crippen molar-refractivity contribution in [1.82, 2.24) is 0 Å². The number of aliphatic hydroxyl groups is 2. The molecule has 2 unspecified atom stereocenters. The molecule has 0 spiro atoms. The van der Waals surface area contributed by atoms with Gasteiger partial charge < -0.3 is 20.1 Å². The molecule has 0 aliphatic rings. The molecule has 0 fully saturated rings. The maximum atomic E-state index is 12.3. The number of aliphatic hydroxyl groups excluding tert-OH is 2. The summed E-state index contributed by atoms with van der Waals surface area (Å²) in [4.78, 5) is 21.7. The molecule has 0 aromatic heterocycles. The zero-order valence-electron chi connectivity index (χ0n) is 11.7. The van der Waals surface area contributed by atoms with Crippen LogP contribution in [0.5, 0.6) is 5.75 Å². The summed E-state index contributed by atoms with van der Waals surface area (Å²) in [6.45, 7) is 1.25. The Morgan fingerprint density at radius 3 is 2.39 bits per heavy atom. The van der Waals surface area contributed by atoms with Crippen molar-refractivity contribution in [2.45, 2.75) is 25.5 Å². The van der Waals surface area contributed by atoms with Crippen molar-refractivity contribution < 1.29 is 42.8 Å². The van der Waals surface area contributed by atoms with E-state index in [-0.39, 0.29) is 16.4 Å². The van der Waals surface area contributed by atoms with E-state index in [4.69, 9.17) is 5.11 Å². The summed E-state index contributed by atoms with van der Waals surface area (Å²) in [7, 11) is 0. The molecule has 0 radical (unpaired) electrons. The lowest BCUT2D eigenvalue weighted by Crippen LogP contribution is -2.23. The van der Waals surface area contributed by atoms with E-state index >= 15 is 0 Å². The fourth-order valence-electron chi connectivity index (χ4n) is 1.62. The van der Waals surface area contributed by atoms with Crippen LogP contribution in [-0.4, -0.2) is 44.6 Å². The molecule has 0 saturated carbocycles. The lowest BCUT2D eigenvalue weighted by atomic mass is 10.0. The molecular formula is C13H13F3O6S. The maximum Gasteiger partial charge on any atom is 0.573 e. The minimum atomic E-state index is -5.11. The lowest BCUT2D eigenvalue weighted by molar-refractivity contribution is -0.274. The highest BCUT2D eigenvalue weighted by Gasteiger charge is 2.33. The fraction of sp³-hybridized carbons (Fsp3) is 0.385. The van der Waals surface area contributed by atoms with Crippen LogP contribution in [0.15, 0.2) is 18.2 Å². The lowest BCUT2D eigenvalue weighted by Gasteiger charge is -2.19. The van der Waals surface area contributed by atoms with Crippen LogP contribution >= 0.6 is 11.8 Å². The molecule has 10 heteroatoms. The topological polar surface area (TPSA) is 104 Å². The minimum absolute atomic E-state index is 0.174. The molecule has 0 saturated heterocycles. The van der Waals surface area contributed by atoms with Crippen molar-refractivity contribution >= 4 is 22.8 Å². The number of hydrogen-bond acceptors (Lipinski definition) is 6. The third kappa shape index (κ3) is 6.08. The molecule has 0 heterocycles. The molecule has 0 amide bonds. The third-order valence-electron chi connectivity index (χ3n) is 2.63. The van der Waals surface area contributed by atoms with E-state index in [0.29, 0.717) is 6.07 Å². The number of thioether (sulfide) groups is 1. The van der Waals surface area contributed by atoms with Crippen LogP contribution in [0.4, 0.5) is 13.2 Å². The molecule has 3 N–H and O–H groups in total. The summed E-state index contributed by atoms with van der Waals surface area (Å²) in [6.07, 6.45) is -8.16. The van der Waals surface area contributed by atoms with Crippen LogP contribution in [0.2, 0.25) is 0 Å². The van der Waals surface area contributed by atoms with Gasteiger partial charge >= 0.3 is 12.3 Å². The van der Waals surface area contributed by atoms with E-state index in [1.807, 2.05) is 0 Å². The average Bonchev–Trinajstić information content (AvgIpc) is 2.41. The minimum Gasteiger partial charge on any atom is -0.478 e. The van der Waals surface area contributed by atoms with E-state index in [1.165, 1.54) is 6.92 Å². The number of halogens is 3. The number of benzene rings is 1. The van der Waals surface area contributed by atoms with E-state index in [0.717, 1.165) is 23.9 Å². The van der Waals surface area contributed by atoms with Crippen molar-refractivity contribution in [1.29, 1.82) is 0 Å². The van der Waals surface area contributed by atoms with E-state index in [2.05, 4.69) is 4.74 Å². The quantitative estimate of drug-likeness (QED) is 0.717. The van der Waals surface area contributed by atoms with Crippen molar-refractivity contribution in [2.75, 3.05) is 5.75 Å². The molecule has 0 bridgehead atoms. The number of alkyl halides is 3. The maximum absolute atomic E-state index is 12.3. The van der Waals surface area contributed by atoms with Gasteiger partial charge in [0.15, 0.2) is 5.12 Å². The van der Waals surface area contributed by atoms with Gasteiger partial charge in [-0.05, 0) is 17.7 Å². The standard InChI is InChI=1S/C13H13F3O6S/c1-6(17)23-5-9(18)11(19)7-2-3-8(12(20)21)10(4-7)22-13(14,15)16/h2-4,9,11,18-19H,5H2,1H3,(H,20,21). The highest BCUT2D eigenvalue weighted by atomic mass is 32.2. The van der Waals surface area contributed by atoms with Gasteiger partial charge in [0, 0.05) is 12.7 Å². The van der Waals surface area contributed by atoms with Crippen molar-refractivity contribution in [3.05, 3.63) is 29.3 Å². The normalized spacial score (nSPS) is 14.2. The Hall–Kier alpha value is -1.78. The van der Waals surface area contributed by atoms with Gasteiger partial charge in [-0.3, -0.25) is 4.79 Å². The summed E-state index contributed by atoms with van der Waals surface area (Å²) >= 11 is 0.730. The molecule has 1 rings (SSSR count). The van der Waals surface area contributed by atoms with Gasteiger partial charge in [0.25, 0.3) is 0 Å². The number of carbonyl (C=O) groups excluding carboxylic acids is 1. The first kappa shape index (κ1) is 19.3. The predicted octanol–water partition coefficient (Wildman–Crippen LogP) is 1.96. The van der Waals surface area contributed by atoms with Crippen LogP contribution < -0.4 is 4.74 Å². The Morgan fingerprint density at radius 2 is 1.91 bits per heavy atom. The Kier molecular flexibility index (Phi) is 6.42. The second kappa shape index (κ2) is 7.66. The highest BCUT2D eigenvalue weighted by Crippen LogP contribution is 2.31. The van der Waals surface area contributed by atoms with Gasteiger partial charge in [-0.25, -0.2) is 4.79 Å². The largest absolute Gasteiger partial charge is 0.573 e. The SMILES string of the molecule is CC(=O)SCC(O)C(O)c1ccc(C(=O)O)c(OC(F)(F)F)c1. The first-order valence-corrected chi connectivity index (χ1v) is 7.12. The van der Waals surface area contributed by atoms with Crippen LogP contribution in [0, 0.1) is 0 Å². The van der Waals surface area contributed by atoms with Crippen LogP contribution in [0.3, 0.4) is 0 Å². The molecule has 1 aromatic rings. The number of ether oxygens (including phenoxy) is 1. The highest BCUT2D eigenvalue weighted by molar-refractivity contribution is 8.13. The van der Waals surface area contributed by atoms with Gasteiger partial charge in [0.2, 0.25) is 0 Å². The first-order chi connectivity index (χ1) is 10.5. The molecule has 6 nitrogen and oxygen atoms in total. The molecule has 0 aliphatic heterocycles. The Balaban J connectivity index is 3.06. The molecule has 0 aliphatic carbocycles.